The molecule has 0 saturated carbocycles. The van der Waals surface area contributed by atoms with Gasteiger partial charge in [-0.15, -0.1) is 0 Å². The molecule has 4 rings (SSSR count). The van der Waals surface area contributed by atoms with Crippen molar-refractivity contribution in [1.82, 2.24) is 15.6 Å². The first-order valence-corrected chi connectivity index (χ1v) is 9.96. The van der Waals surface area contributed by atoms with Gasteiger partial charge in [-0.3, -0.25) is 9.59 Å². The van der Waals surface area contributed by atoms with Crippen molar-refractivity contribution in [2.24, 2.45) is 0 Å². The Morgan fingerprint density at radius 1 is 0.767 bits per heavy atom. The summed E-state index contributed by atoms with van der Waals surface area (Å²) in [6.45, 7) is 0.384. The molecule has 0 fully saturated rings. The molecule has 2 amide bonds. The second kappa shape index (κ2) is 9.09. The quantitative estimate of drug-likeness (QED) is 0.434. The van der Waals surface area contributed by atoms with E-state index in [4.69, 9.17) is 0 Å². The van der Waals surface area contributed by atoms with Gasteiger partial charge in [0.05, 0.1) is 6.04 Å². The predicted molar refractivity (Wildman–Crippen MR) is 118 cm³/mol. The molecule has 4 aromatic rings. The molecular formula is C25H23N3O2. The third kappa shape index (κ3) is 4.41. The van der Waals surface area contributed by atoms with E-state index in [-0.39, 0.29) is 6.04 Å². The zero-order valence-electron chi connectivity index (χ0n) is 16.5. The van der Waals surface area contributed by atoms with Gasteiger partial charge in [-0.25, -0.2) is 0 Å². The molecule has 1 aromatic heterocycles. The average molecular weight is 397 g/mol. The van der Waals surface area contributed by atoms with E-state index >= 15 is 0 Å². The van der Waals surface area contributed by atoms with Crippen molar-refractivity contribution < 1.29 is 9.59 Å². The summed E-state index contributed by atoms with van der Waals surface area (Å²) in [6, 6.07) is 26.9. The Bertz CT molecular complexity index is 1100. The van der Waals surface area contributed by atoms with Crippen LogP contribution in [0.2, 0.25) is 0 Å². The zero-order valence-corrected chi connectivity index (χ0v) is 16.5. The highest BCUT2D eigenvalue weighted by Crippen LogP contribution is 2.21. The predicted octanol–water partition coefficient (Wildman–Crippen LogP) is 3.73. The molecule has 0 saturated heterocycles. The summed E-state index contributed by atoms with van der Waals surface area (Å²) in [5, 5.41) is 6.72. The molecule has 5 nitrogen and oxygen atoms in total. The second-order valence-electron chi connectivity index (χ2n) is 7.09. The summed E-state index contributed by atoms with van der Waals surface area (Å²) in [6.07, 6.45) is 2.58. The van der Waals surface area contributed by atoms with Crippen LogP contribution in [0.3, 0.4) is 0 Å². The van der Waals surface area contributed by atoms with Crippen LogP contribution in [0.5, 0.6) is 0 Å². The molecule has 0 radical (unpaired) electrons. The van der Waals surface area contributed by atoms with Crippen LogP contribution in [-0.2, 0) is 16.0 Å². The lowest BCUT2D eigenvalue weighted by Crippen LogP contribution is -2.42. The summed E-state index contributed by atoms with van der Waals surface area (Å²) in [5.74, 6) is -1.28. The van der Waals surface area contributed by atoms with Gasteiger partial charge in [0.2, 0.25) is 0 Å². The van der Waals surface area contributed by atoms with Gasteiger partial charge in [-0.2, -0.15) is 0 Å². The molecule has 1 heterocycles. The van der Waals surface area contributed by atoms with Gasteiger partial charge in [0.25, 0.3) is 0 Å². The minimum Gasteiger partial charge on any atom is -0.361 e. The van der Waals surface area contributed by atoms with E-state index in [2.05, 4.69) is 15.6 Å². The topological polar surface area (TPSA) is 74.0 Å². The van der Waals surface area contributed by atoms with Crippen molar-refractivity contribution in [3.8, 4) is 0 Å². The van der Waals surface area contributed by atoms with Crippen molar-refractivity contribution in [1.29, 1.82) is 0 Å². The van der Waals surface area contributed by atoms with E-state index in [1.807, 2.05) is 91.1 Å². The van der Waals surface area contributed by atoms with E-state index in [9.17, 15) is 9.59 Å². The molecule has 150 valence electrons. The zero-order chi connectivity index (χ0) is 20.8. The minimum atomic E-state index is -0.647. The Kier molecular flexibility index (Phi) is 5.90. The molecule has 3 N–H and O–H groups in total. The summed E-state index contributed by atoms with van der Waals surface area (Å²) < 4.78 is 0. The molecule has 30 heavy (non-hydrogen) atoms. The maximum absolute atomic E-state index is 12.6. The van der Waals surface area contributed by atoms with Crippen LogP contribution in [0, 0.1) is 0 Å². The first-order chi connectivity index (χ1) is 14.7. The molecule has 0 aliphatic rings. The number of aromatic nitrogens is 1. The Labute approximate surface area is 175 Å². The highest BCUT2D eigenvalue weighted by Gasteiger charge is 2.21. The largest absolute Gasteiger partial charge is 0.361 e. The van der Waals surface area contributed by atoms with E-state index in [0.29, 0.717) is 13.0 Å². The lowest BCUT2D eigenvalue weighted by molar-refractivity contribution is -0.139. The van der Waals surface area contributed by atoms with Crippen molar-refractivity contribution in [3.63, 3.8) is 0 Å². The Hall–Kier alpha value is -3.86. The lowest BCUT2D eigenvalue weighted by atomic mass is 9.99. The van der Waals surface area contributed by atoms with E-state index in [1.54, 1.807) is 0 Å². The highest BCUT2D eigenvalue weighted by molar-refractivity contribution is 6.35. The van der Waals surface area contributed by atoms with Crippen molar-refractivity contribution in [2.45, 2.75) is 12.5 Å². The van der Waals surface area contributed by atoms with Crippen molar-refractivity contribution in [3.05, 3.63) is 108 Å². The SMILES string of the molecule is O=C(NCCc1c[nH]c2ccccc12)C(=O)NC(c1ccccc1)c1ccccc1. The lowest BCUT2D eigenvalue weighted by Gasteiger charge is -2.19. The summed E-state index contributed by atoms with van der Waals surface area (Å²) in [4.78, 5) is 28.2. The standard InChI is InChI=1S/C25H23N3O2/c29-24(26-16-15-20-17-27-22-14-8-7-13-21(20)22)25(30)28-23(18-9-3-1-4-10-18)19-11-5-2-6-12-19/h1-14,17,23,27H,15-16H2,(H,26,29)(H,28,30). The number of aromatic amines is 1. The number of amides is 2. The number of para-hydroxylation sites is 1. The molecule has 0 aliphatic carbocycles. The fourth-order valence-electron chi connectivity index (χ4n) is 3.58. The fraction of sp³-hybridized carbons (Fsp3) is 0.120. The first kappa shape index (κ1) is 19.5. The number of H-pyrrole nitrogens is 1. The Balaban J connectivity index is 1.39. The van der Waals surface area contributed by atoms with Gasteiger partial charge in [-0.05, 0) is 29.2 Å². The van der Waals surface area contributed by atoms with Gasteiger partial charge in [0.1, 0.15) is 0 Å². The molecule has 0 bridgehead atoms. The molecule has 0 aliphatic heterocycles. The van der Waals surface area contributed by atoms with E-state index in [0.717, 1.165) is 27.6 Å². The summed E-state index contributed by atoms with van der Waals surface area (Å²) in [5.41, 5.74) is 4.01. The number of rotatable bonds is 6. The molecule has 5 heteroatoms. The van der Waals surface area contributed by atoms with Gasteiger partial charge >= 0.3 is 11.8 Å². The number of carbonyl (C=O) groups excluding carboxylic acids is 2. The smallest absolute Gasteiger partial charge is 0.310 e. The second-order valence-corrected chi connectivity index (χ2v) is 7.09. The third-order valence-electron chi connectivity index (χ3n) is 5.10. The summed E-state index contributed by atoms with van der Waals surface area (Å²) in [7, 11) is 0. The molecule has 3 aromatic carbocycles. The van der Waals surface area contributed by atoms with Crippen molar-refractivity contribution in [2.75, 3.05) is 6.54 Å². The number of benzene rings is 3. The van der Waals surface area contributed by atoms with Crippen LogP contribution in [-0.4, -0.2) is 23.3 Å². The van der Waals surface area contributed by atoms with Gasteiger partial charge < -0.3 is 15.6 Å². The molecule has 0 spiro atoms. The number of carbonyl (C=O) groups is 2. The number of hydrogen-bond donors (Lipinski definition) is 3. The monoisotopic (exact) mass is 397 g/mol. The molecular weight excluding hydrogens is 374 g/mol. The Morgan fingerprint density at radius 3 is 2.03 bits per heavy atom. The van der Waals surface area contributed by atoms with Gasteiger partial charge in [-0.1, -0.05) is 78.9 Å². The van der Waals surface area contributed by atoms with E-state index < -0.39 is 11.8 Å². The normalized spacial score (nSPS) is 10.8. The number of hydrogen-bond acceptors (Lipinski definition) is 2. The Morgan fingerprint density at radius 2 is 1.37 bits per heavy atom. The third-order valence-corrected chi connectivity index (χ3v) is 5.10. The maximum atomic E-state index is 12.6. The minimum absolute atomic E-state index is 0.384. The van der Waals surface area contributed by atoms with Crippen molar-refractivity contribution >= 4 is 22.7 Å². The summed E-state index contributed by atoms with van der Waals surface area (Å²) >= 11 is 0. The van der Waals surface area contributed by atoms with Crippen LogP contribution >= 0.6 is 0 Å². The van der Waals surface area contributed by atoms with Gasteiger partial charge in [0, 0.05) is 23.6 Å². The first-order valence-electron chi connectivity index (χ1n) is 9.96. The highest BCUT2D eigenvalue weighted by atomic mass is 16.2. The molecule has 0 unspecified atom stereocenters. The maximum Gasteiger partial charge on any atom is 0.310 e. The van der Waals surface area contributed by atoms with Crippen LogP contribution in [0.1, 0.15) is 22.7 Å². The number of fused-ring (bicyclic) bond motifs is 1. The van der Waals surface area contributed by atoms with E-state index in [1.165, 1.54) is 0 Å². The van der Waals surface area contributed by atoms with Crippen LogP contribution in [0.15, 0.2) is 91.1 Å². The molecule has 0 atom stereocenters. The fourth-order valence-corrected chi connectivity index (χ4v) is 3.58. The van der Waals surface area contributed by atoms with Crippen LogP contribution < -0.4 is 10.6 Å². The van der Waals surface area contributed by atoms with Crippen LogP contribution in [0.25, 0.3) is 10.9 Å². The average Bonchev–Trinajstić information content (AvgIpc) is 3.21. The van der Waals surface area contributed by atoms with Gasteiger partial charge in [0.15, 0.2) is 0 Å². The number of nitrogens with one attached hydrogen (secondary N) is 3. The van der Waals surface area contributed by atoms with Crippen LogP contribution in [0.4, 0.5) is 0 Å².